The molecule has 3 aromatic rings. The second-order valence-electron chi connectivity index (χ2n) is 6.45. The Labute approximate surface area is 180 Å². The molecule has 5 nitrogen and oxygen atoms in total. The van der Waals surface area contributed by atoms with E-state index in [-0.39, 0.29) is 29.2 Å². The van der Waals surface area contributed by atoms with Crippen LogP contribution in [-0.2, 0) is 11.3 Å². The van der Waals surface area contributed by atoms with Crippen LogP contribution in [0.4, 0.5) is 4.79 Å². The maximum atomic E-state index is 12.9. The SMILES string of the molecule is COc1cc(/C=C2/SC(=O)N(Cc3cccc4ccccc34)C2=O)c(Br)cc1O. The smallest absolute Gasteiger partial charge is 0.293 e. The minimum absolute atomic E-state index is 0.0133. The van der Waals surface area contributed by atoms with E-state index in [0.717, 1.165) is 28.1 Å². The highest BCUT2D eigenvalue weighted by atomic mass is 79.9. The molecule has 1 aliphatic heterocycles. The molecule has 1 heterocycles. The number of carbonyl (C=O) groups excluding carboxylic acids is 2. The molecule has 0 aliphatic carbocycles. The van der Waals surface area contributed by atoms with Gasteiger partial charge in [0, 0.05) is 4.47 Å². The van der Waals surface area contributed by atoms with Crippen LogP contribution in [0, 0.1) is 0 Å². The number of hydrogen-bond donors (Lipinski definition) is 1. The molecule has 0 atom stereocenters. The Balaban J connectivity index is 1.65. The normalized spacial score (nSPS) is 15.5. The predicted molar refractivity (Wildman–Crippen MR) is 118 cm³/mol. The van der Waals surface area contributed by atoms with Crippen LogP contribution in [0.2, 0.25) is 0 Å². The monoisotopic (exact) mass is 469 g/mol. The van der Waals surface area contributed by atoms with Gasteiger partial charge in [0.05, 0.1) is 18.6 Å². The van der Waals surface area contributed by atoms with Crippen molar-refractivity contribution in [2.24, 2.45) is 0 Å². The largest absolute Gasteiger partial charge is 0.504 e. The molecule has 2 amide bonds. The lowest BCUT2D eigenvalue weighted by molar-refractivity contribution is -0.123. The van der Waals surface area contributed by atoms with Gasteiger partial charge in [0.15, 0.2) is 11.5 Å². The third-order valence-electron chi connectivity index (χ3n) is 4.67. The van der Waals surface area contributed by atoms with Gasteiger partial charge in [0.2, 0.25) is 0 Å². The fraction of sp³-hybridized carbons (Fsp3) is 0.0909. The topological polar surface area (TPSA) is 66.8 Å². The number of halogens is 1. The second kappa shape index (κ2) is 7.93. The van der Waals surface area contributed by atoms with Crippen molar-refractivity contribution in [1.82, 2.24) is 4.90 Å². The Hall–Kier alpha value is -2.77. The van der Waals surface area contributed by atoms with Crippen LogP contribution in [0.5, 0.6) is 11.5 Å². The standard InChI is InChI=1S/C22H16BrNO4S/c1-28-19-9-15(17(23)11-18(19)25)10-20-21(26)24(22(27)29-20)12-14-7-4-6-13-5-2-3-8-16(13)14/h2-11,25H,12H2,1H3/b20-10+. The van der Waals surface area contributed by atoms with Crippen molar-refractivity contribution in [1.29, 1.82) is 0 Å². The third kappa shape index (κ3) is 3.75. The van der Waals surface area contributed by atoms with Crippen LogP contribution in [0.15, 0.2) is 64.0 Å². The molecular formula is C22H16BrNO4S. The van der Waals surface area contributed by atoms with E-state index < -0.39 is 0 Å². The molecule has 0 radical (unpaired) electrons. The molecule has 4 rings (SSSR count). The molecule has 29 heavy (non-hydrogen) atoms. The van der Waals surface area contributed by atoms with Gasteiger partial charge in [0.25, 0.3) is 11.1 Å². The van der Waals surface area contributed by atoms with E-state index in [1.165, 1.54) is 18.1 Å². The number of nitrogens with zero attached hydrogens (tertiary/aromatic N) is 1. The van der Waals surface area contributed by atoms with E-state index in [4.69, 9.17) is 4.74 Å². The zero-order chi connectivity index (χ0) is 20.5. The Morgan fingerprint density at radius 3 is 2.69 bits per heavy atom. The van der Waals surface area contributed by atoms with Gasteiger partial charge in [-0.15, -0.1) is 0 Å². The summed E-state index contributed by atoms with van der Waals surface area (Å²) in [6.07, 6.45) is 1.63. The Kier molecular flexibility index (Phi) is 5.34. The summed E-state index contributed by atoms with van der Waals surface area (Å²) in [5, 5.41) is 11.6. The summed E-state index contributed by atoms with van der Waals surface area (Å²) >= 11 is 4.27. The fourth-order valence-electron chi connectivity index (χ4n) is 3.21. The number of methoxy groups -OCH3 is 1. The molecule has 0 bridgehead atoms. The van der Waals surface area contributed by atoms with Crippen LogP contribution in [0.25, 0.3) is 16.8 Å². The van der Waals surface area contributed by atoms with Gasteiger partial charge in [0.1, 0.15) is 0 Å². The van der Waals surface area contributed by atoms with Gasteiger partial charge < -0.3 is 9.84 Å². The summed E-state index contributed by atoms with van der Waals surface area (Å²) in [5.74, 6) is -0.0677. The highest BCUT2D eigenvalue weighted by molar-refractivity contribution is 9.10. The summed E-state index contributed by atoms with van der Waals surface area (Å²) in [7, 11) is 1.45. The quantitative estimate of drug-likeness (QED) is 0.507. The predicted octanol–water partition coefficient (Wildman–Crippen LogP) is 5.55. The highest BCUT2D eigenvalue weighted by Gasteiger charge is 2.35. The van der Waals surface area contributed by atoms with Crippen molar-refractivity contribution in [3.63, 3.8) is 0 Å². The molecule has 0 unspecified atom stereocenters. The molecule has 1 fully saturated rings. The summed E-state index contributed by atoms with van der Waals surface area (Å²) in [6, 6.07) is 16.8. The maximum absolute atomic E-state index is 12.9. The Morgan fingerprint density at radius 1 is 1.14 bits per heavy atom. The van der Waals surface area contributed by atoms with Crippen LogP contribution in [0.3, 0.4) is 0 Å². The van der Waals surface area contributed by atoms with Crippen molar-refractivity contribution < 1.29 is 19.4 Å². The van der Waals surface area contributed by atoms with Crippen LogP contribution in [-0.4, -0.2) is 28.3 Å². The Bertz CT molecular complexity index is 1170. The summed E-state index contributed by atoms with van der Waals surface area (Å²) in [4.78, 5) is 27.0. The number of phenolic OH excluding ortho intramolecular Hbond substituents is 1. The molecule has 0 spiro atoms. The summed E-state index contributed by atoms with van der Waals surface area (Å²) in [5.41, 5.74) is 1.55. The number of hydrogen-bond acceptors (Lipinski definition) is 5. The van der Waals surface area contributed by atoms with Crippen molar-refractivity contribution in [3.05, 3.63) is 75.1 Å². The van der Waals surface area contributed by atoms with Crippen LogP contribution < -0.4 is 4.74 Å². The molecule has 0 aromatic heterocycles. The first-order chi connectivity index (χ1) is 14.0. The second-order valence-corrected chi connectivity index (χ2v) is 8.30. The molecule has 3 aromatic carbocycles. The minimum atomic E-state index is -0.341. The average molecular weight is 470 g/mol. The van der Waals surface area contributed by atoms with Gasteiger partial charge in [-0.25, -0.2) is 0 Å². The Morgan fingerprint density at radius 2 is 1.90 bits per heavy atom. The molecule has 1 N–H and O–H groups in total. The van der Waals surface area contributed by atoms with E-state index in [1.807, 2.05) is 42.5 Å². The van der Waals surface area contributed by atoms with Gasteiger partial charge in [-0.3, -0.25) is 14.5 Å². The number of aromatic hydroxyl groups is 1. The minimum Gasteiger partial charge on any atom is -0.504 e. The summed E-state index contributed by atoms with van der Waals surface area (Å²) in [6.45, 7) is 0.212. The molecule has 1 saturated heterocycles. The van der Waals surface area contributed by atoms with Gasteiger partial charge in [-0.2, -0.15) is 0 Å². The van der Waals surface area contributed by atoms with Crippen LogP contribution in [0.1, 0.15) is 11.1 Å². The zero-order valence-corrected chi connectivity index (χ0v) is 17.8. The van der Waals surface area contributed by atoms with Crippen molar-refractivity contribution in [3.8, 4) is 11.5 Å². The highest BCUT2D eigenvalue weighted by Crippen LogP contribution is 2.38. The van der Waals surface area contributed by atoms with E-state index in [2.05, 4.69) is 15.9 Å². The van der Waals surface area contributed by atoms with Crippen molar-refractivity contribution >= 4 is 55.7 Å². The molecule has 7 heteroatoms. The fourth-order valence-corrected chi connectivity index (χ4v) is 4.49. The lowest BCUT2D eigenvalue weighted by Gasteiger charge is -2.14. The number of ether oxygens (including phenoxy) is 1. The van der Waals surface area contributed by atoms with E-state index in [9.17, 15) is 14.7 Å². The number of benzene rings is 3. The third-order valence-corrected chi connectivity index (χ3v) is 6.26. The van der Waals surface area contributed by atoms with Gasteiger partial charge >= 0.3 is 0 Å². The average Bonchev–Trinajstić information content (AvgIpc) is 2.97. The summed E-state index contributed by atoms with van der Waals surface area (Å²) < 4.78 is 5.72. The molecule has 0 saturated carbocycles. The van der Waals surface area contributed by atoms with Gasteiger partial charge in [-0.1, -0.05) is 58.4 Å². The van der Waals surface area contributed by atoms with E-state index >= 15 is 0 Å². The number of carbonyl (C=O) groups is 2. The lowest BCUT2D eigenvalue weighted by atomic mass is 10.0. The molecular weight excluding hydrogens is 454 g/mol. The van der Waals surface area contributed by atoms with Crippen molar-refractivity contribution in [2.45, 2.75) is 6.54 Å². The first-order valence-corrected chi connectivity index (χ1v) is 10.4. The number of imide groups is 1. The van der Waals surface area contributed by atoms with E-state index in [0.29, 0.717) is 14.9 Å². The first-order valence-electron chi connectivity index (χ1n) is 8.76. The number of fused-ring (bicyclic) bond motifs is 1. The molecule has 1 aliphatic rings. The lowest BCUT2D eigenvalue weighted by Crippen LogP contribution is -2.27. The zero-order valence-electron chi connectivity index (χ0n) is 15.4. The van der Waals surface area contributed by atoms with Crippen LogP contribution >= 0.6 is 27.7 Å². The number of amides is 2. The van der Waals surface area contributed by atoms with Gasteiger partial charge in [-0.05, 0) is 51.9 Å². The number of rotatable bonds is 4. The van der Waals surface area contributed by atoms with E-state index in [1.54, 1.807) is 12.1 Å². The number of phenols is 1. The first kappa shape index (κ1) is 19.5. The maximum Gasteiger partial charge on any atom is 0.293 e. The number of thioether (sulfide) groups is 1. The van der Waals surface area contributed by atoms with Crippen molar-refractivity contribution in [2.75, 3.05) is 7.11 Å². The molecule has 146 valence electrons.